The van der Waals surface area contributed by atoms with Crippen molar-refractivity contribution in [3.8, 4) is 0 Å². The van der Waals surface area contributed by atoms with E-state index in [-0.39, 0.29) is 23.7 Å². The number of benzene rings is 1. The van der Waals surface area contributed by atoms with Gasteiger partial charge in [-0.05, 0) is 30.5 Å². The third-order valence-electron chi connectivity index (χ3n) is 4.85. The van der Waals surface area contributed by atoms with Crippen LogP contribution in [-0.2, 0) is 20.8 Å². The van der Waals surface area contributed by atoms with Crippen LogP contribution in [0, 0.1) is 11.8 Å². The highest BCUT2D eigenvalue weighted by atomic mass is 35.5. The molecule has 3 amide bonds. The highest BCUT2D eigenvalue weighted by Gasteiger charge is 2.49. The Morgan fingerprint density at radius 1 is 1.12 bits per heavy atom. The van der Waals surface area contributed by atoms with Crippen molar-refractivity contribution in [1.82, 2.24) is 15.1 Å². The second kappa shape index (κ2) is 7.87. The summed E-state index contributed by atoms with van der Waals surface area (Å²) in [6, 6.07) is 7.55. The first-order valence-corrected chi connectivity index (χ1v) is 8.96. The minimum atomic E-state index is -0.207. The van der Waals surface area contributed by atoms with E-state index in [2.05, 4.69) is 5.32 Å². The van der Waals surface area contributed by atoms with Gasteiger partial charge in [-0.2, -0.15) is 0 Å². The predicted molar refractivity (Wildman–Crippen MR) is 94.0 cm³/mol. The van der Waals surface area contributed by atoms with Crippen molar-refractivity contribution in [2.75, 3.05) is 32.7 Å². The maximum absolute atomic E-state index is 12.4. The van der Waals surface area contributed by atoms with Crippen LogP contribution in [0.1, 0.15) is 12.0 Å². The Hall–Kier alpha value is -2.08. The van der Waals surface area contributed by atoms with E-state index in [4.69, 9.17) is 11.6 Å². The Balaban J connectivity index is 1.39. The first kappa shape index (κ1) is 17.7. The van der Waals surface area contributed by atoms with Crippen molar-refractivity contribution < 1.29 is 14.4 Å². The molecule has 0 aromatic heterocycles. The van der Waals surface area contributed by atoms with Gasteiger partial charge in [0.05, 0.1) is 11.8 Å². The summed E-state index contributed by atoms with van der Waals surface area (Å²) in [5.41, 5.74) is 1.11. The van der Waals surface area contributed by atoms with Gasteiger partial charge in [0.1, 0.15) is 0 Å². The van der Waals surface area contributed by atoms with Gasteiger partial charge in [0, 0.05) is 37.7 Å². The Kier molecular flexibility index (Phi) is 5.58. The van der Waals surface area contributed by atoms with Crippen molar-refractivity contribution in [3.05, 3.63) is 34.9 Å². The van der Waals surface area contributed by atoms with Crippen LogP contribution in [0.3, 0.4) is 0 Å². The van der Waals surface area contributed by atoms with E-state index in [0.29, 0.717) is 44.2 Å². The zero-order chi connectivity index (χ0) is 17.8. The van der Waals surface area contributed by atoms with Crippen molar-refractivity contribution in [1.29, 1.82) is 0 Å². The summed E-state index contributed by atoms with van der Waals surface area (Å²) < 4.78 is 0. The number of piperazine rings is 1. The normalized spacial score (nSPS) is 22.4. The minimum absolute atomic E-state index is 0.0427. The van der Waals surface area contributed by atoms with Crippen LogP contribution in [0.2, 0.25) is 5.02 Å². The first-order valence-electron chi connectivity index (χ1n) is 8.59. The van der Waals surface area contributed by atoms with E-state index in [1.807, 2.05) is 24.3 Å². The zero-order valence-electron chi connectivity index (χ0n) is 14.0. The number of hydrogen-bond acceptors (Lipinski definition) is 3. The van der Waals surface area contributed by atoms with Crippen LogP contribution >= 0.6 is 11.6 Å². The highest BCUT2D eigenvalue weighted by molar-refractivity contribution is 6.30. The molecule has 7 heteroatoms. The molecule has 1 aliphatic carbocycles. The molecule has 0 spiro atoms. The minimum Gasteiger partial charge on any atom is -0.356 e. The fraction of sp³-hybridized carbons (Fsp3) is 0.500. The SMILES string of the molecule is O=CN1CCN(C(=O)C2CC2C(=O)NCCc2ccc(Cl)cc2)CC1. The van der Waals surface area contributed by atoms with E-state index in [9.17, 15) is 14.4 Å². The molecule has 2 fully saturated rings. The Bertz CT molecular complexity index is 641. The second-order valence-electron chi connectivity index (χ2n) is 6.58. The quantitative estimate of drug-likeness (QED) is 0.765. The molecule has 1 saturated heterocycles. The van der Waals surface area contributed by atoms with Crippen LogP contribution in [-0.4, -0.2) is 60.7 Å². The third kappa shape index (κ3) is 4.51. The largest absolute Gasteiger partial charge is 0.356 e. The van der Waals surface area contributed by atoms with Crippen LogP contribution in [0.25, 0.3) is 0 Å². The molecule has 1 aliphatic heterocycles. The summed E-state index contributed by atoms with van der Waals surface area (Å²) in [7, 11) is 0. The summed E-state index contributed by atoms with van der Waals surface area (Å²) in [5.74, 6) is -0.401. The average Bonchev–Trinajstić information content (AvgIpc) is 3.43. The van der Waals surface area contributed by atoms with E-state index in [0.717, 1.165) is 18.4 Å². The zero-order valence-corrected chi connectivity index (χ0v) is 14.7. The fourth-order valence-corrected chi connectivity index (χ4v) is 3.28. The van der Waals surface area contributed by atoms with Gasteiger partial charge in [-0.15, -0.1) is 0 Å². The molecule has 0 radical (unpaired) electrons. The molecule has 3 rings (SSSR count). The van der Waals surface area contributed by atoms with E-state index in [1.165, 1.54) is 0 Å². The molecule has 1 saturated carbocycles. The molecule has 1 N–H and O–H groups in total. The standard InChI is InChI=1S/C18H22ClN3O3/c19-14-3-1-13(2-4-14)5-6-20-17(24)15-11-16(15)18(25)22-9-7-21(12-23)8-10-22/h1-4,12,15-16H,5-11H2,(H,20,24). The van der Waals surface area contributed by atoms with Gasteiger partial charge in [-0.3, -0.25) is 14.4 Å². The lowest BCUT2D eigenvalue weighted by Crippen LogP contribution is -2.48. The number of halogens is 1. The summed E-state index contributed by atoms with van der Waals surface area (Å²) in [5, 5.41) is 3.61. The summed E-state index contributed by atoms with van der Waals surface area (Å²) in [4.78, 5) is 38.8. The van der Waals surface area contributed by atoms with Gasteiger partial charge in [0.2, 0.25) is 18.2 Å². The van der Waals surface area contributed by atoms with Crippen LogP contribution < -0.4 is 5.32 Å². The van der Waals surface area contributed by atoms with E-state index >= 15 is 0 Å². The average molecular weight is 364 g/mol. The number of nitrogens with zero attached hydrogens (tertiary/aromatic N) is 2. The van der Waals surface area contributed by atoms with Crippen LogP contribution in [0.15, 0.2) is 24.3 Å². The van der Waals surface area contributed by atoms with Gasteiger partial charge in [0.15, 0.2) is 0 Å². The highest BCUT2D eigenvalue weighted by Crippen LogP contribution is 2.40. The molecule has 6 nitrogen and oxygen atoms in total. The lowest BCUT2D eigenvalue weighted by molar-refractivity contribution is -0.137. The molecule has 1 heterocycles. The fourth-order valence-electron chi connectivity index (χ4n) is 3.15. The maximum Gasteiger partial charge on any atom is 0.226 e. The van der Waals surface area contributed by atoms with Gasteiger partial charge >= 0.3 is 0 Å². The number of hydrogen-bond donors (Lipinski definition) is 1. The molecular formula is C18H22ClN3O3. The summed E-state index contributed by atoms with van der Waals surface area (Å²) in [6.07, 6.45) is 2.18. The number of nitrogens with one attached hydrogen (secondary N) is 1. The number of rotatable bonds is 6. The van der Waals surface area contributed by atoms with Gasteiger partial charge < -0.3 is 15.1 Å². The van der Waals surface area contributed by atoms with Crippen LogP contribution in [0.4, 0.5) is 0 Å². The van der Waals surface area contributed by atoms with Crippen molar-refractivity contribution >= 4 is 29.8 Å². The Morgan fingerprint density at radius 3 is 2.44 bits per heavy atom. The molecule has 2 aliphatic rings. The molecule has 2 unspecified atom stereocenters. The molecule has 2 atom stereocenters. The maximum atomic E-state index is 12.4. The van der Waals surface area contributed by atoms with Gasteiger partial charge in [-0.25, -0.2) is 0 Å². The van der Waals surface area contributed by atoms with Crippen LogP contribution in [0.5, 0.6) is 0 Å². The third-order valence-corrected chi connectivity index (χ3v) is 5.10. The lowest BCUT2D eigenvalue weighted by atomic mass is 10.1. The van der Waals surface area contributed by atoms with Crippen molar-refractivity contribution in [3.63, 3.8) is 0 Å². The van der Waals surface area contributed by atoms with Gasteiger partial charge in [-0.1, -0.05) is 23.7 Å². The Labute approximate surface area is 152 Å². The van der Waals surface area contributed by atoms with E-state index < -0.39 is 0 Å². The lowest BCUT2D eigenvalue weighted by Gasteiger charge is -2.32. The molecular weight excluding hydrogens is 342 g/mol. The van der Waals surface area contributed by atoms with E-state index in [1.54, 1.807) is 9.80 Å². The van der Waals surface area contributed by atoms with Gasteiger partial charge in [0.25, 0.3) is 0 Å². The second-order valence-corrected chi connectivity index (χ2v) is 7.02. The summed E-state index contributed by atoms with van der Waals surface area (Å²) in [6.45, 7) is 2.80. The van der Waals surface area contributed by atoms with Crippen molar-refractivity contribution in [2.45, 2.75) is 12.8 Å². The monoisotopic (exact) mass is 363 g/mol. The number of carbonyl (C=O) groups excluding carboxylic acids is 3. The topological polar surface area (TPSA) is 69.7 Å². The Morgan fingerprint density at radius 2 is 1.80 bits per heavy atom. The number of carbonyl (C=O) groups is 3. The molecule has 0 bridgehead atoms. The summed E-state index contributed by atoms with van der Waals surface area (Å²) >= 11 is 5.85. The molecule has 1 aromatic rings. The molecule has 1 aromatic carbocycles. The predicted octanol–water partition coefficient (Wildman–Crippen LogP) is 0.935. The molecule has 25 heavy (non-hydrogen) atoms. The number of amides is 3. The van der Waals surface area contributed by atoms with Crippen molar-refractivity contribution in [2.24, 2.45) is 11.8 Å². The smallest absolute Gasteiger partial charge is 0.226 e. The first-order chi connectivity index (χ1) is 12.1. The molecule has 134 valence electrons.